The van der Waals surface area contributed by atoms with E-state index in [1.54, 1.807) is 4.90 Å². The summed E-state index contributed by atoms with van der Waals surface area (Å²) < 4.78 is 28.1. The molecule has 1 aromatic rings. The number of nitrogens with two attached hydrogens (primary N) is 1. The second-order valence-electron chi connectivity index (χ2n) is 5.38. The van der Waals surface area contributed by atoms with Crippen molar-refractivity contribution in [2.75, 3.05) is 32.1 Å². The van der Waals surface area contributed by atoms with Gasteiger partial charge in [-0.15, -0.1) is 0 Å². The van der Waals surface area contributed by atoms with Crippen LogP contribution >= 0.6 is 0 Å². The summed E-state index contributed by atoms with van der Waals surface area (Å²) in [5, 5.41) is 7.24. The van der Waals surface area contributed by atoms with Crippen molar-refractivity contribution in [3.8, 4) is 0 Å². The van der Waals surface area contributed by atoms with Crippen LogP contribution in [0, 0.1) is 17.0 Å². The highest BCUT2D eigenvalue weighted by Gasteiger charge is 2.25. The van der Waals surface area contributed by atoms with Gasteiger partial charge in [-0.3, -0.25) is 5.41 Å². The Bertz CT molecular complexity index is 485. The Morgan fingerprint density at radius 2 is 1.75 bits per heavy atom. The van der Waals surface area contributed by atoms with Gasteiger partial charge in [-0.05, 0) is 39.1 Å². The molecule has 0 bridgehead atoms. The summed E-state index contributed by atoms with van der Waals surface area (Å²) in [6.07, 6.45) is 1.75. The zero-order chi connectivity index (χ0) is 14.9. The third-order valence-corrected chi connectivity index (χ3v) is 3.84. The third-order valence-electron chi connectivity index (χ3n) is 3.84. The molecule has 0 unspecified atom stereocenters. The van der Waals surface area contributed by atoms with E-state index in [-0.39, 0.29) is 17.1 Å². The molecule has 1 heterocycles. The lowest BCUT2D eigenvalue weighted by Crippen LogP contribution is -2.42. The van der Waals surface area contributed by atoms with Gasteiger partial charge < -0.3 is 15.5 Å². The van der Waals surface area contributed by atoms with E-state index >= 15 is 0 Å². The molecule has 2 rings (SSSR count). The molecular formula is C14H20F2N4. The van der Waals surface area contributed by atoms with Crippen LogP contribution < -0.4 is 10.6 Å². The van der Waals surface area contributed by atoms with Gasteiger partial charge in [0.1, 0.15) is 23.2 Å². The monoisotopic (exact) mass is 282 g/mol. The molecule has 1 aliphatic rings. The highest BCUT2D eigenvalue weighted by atomic mass is 19.1. The highest BCUT2D eigenvalue weighted by molar-refractivity contribution is 5.95. The topological polar surface area (TPSA) is 56.4 Å². The van der Waals surface area contributed by atoms with Gasteiger partial charge in [-0.25, -0.2) is 8.78 Å². The molecule has 0 saturated carbocycles. The smallest absolute Gasteiger partial charge is 0.150 e. The zero-order valence-corrected chi connectivity index (χ0v) is 11.8. The number of nitrogens with one attached hydrogen (secondary N) is 1. The molecule has 0 atom stereocenters. The first-order chi connectivity index (χ1) is 9.40. The van der Waals surface area contributed by atoms with E-state index in [1.807, 2.05) is 14.1 Å². The molecule has 1 aliphatic heterocycles. The Labute approximate surface area is 117 Å². The summed E-state index contributed by atoms with van der Waals surface area (Å²) in [6, 6.07) is 2.70. The predicted octanol–water partition coefficient (Wildman–Crippen LogP) is 1.78. The summed E-state index contributed by atoms with van der Waals surface area (Å²) >= 11 is 0. The maximum absolute atomic E-state index is 14.1. The number of piperidine rings is 1. The summed E-state index contributed by atoms with van der Waals surface area (Å²) in [5.41, 5.74) is 5.33. The number of benzene rings is 1. The van der Waals surface area contributed by atoms with E-state index in [0.717, 1.165) is 25.0 Å². The fraction of sp³-hybridized carbons (Fsp3) is 0.500. The molecule has 3 N–H and O–H groups in total. The fourth-order valence-electron chi connectivity index (χ4n) is 2.63. The van der Waals surface area contributed by atoms with Crippen LogP contribution in [0.1, 0.15) is 18.4 Å². The molecule has 20 heavy (non-hydrogen) atoms. The molecule has 0 spiro atoms. The van der Waals surface area contributed by atoms with E-state index < -0.39 is 11.6 Å². The number of anilines is 1. The van der Waals surface area contributed by atoms with Crippen molar-refractivity contribution in [1.82, 2.24) is 4.90 Å². The van der Waals surface area contributed by atoms with E-state index in [4.69, 9.17) is 11.1 Å². The Hall–Kier alpha value is -1.69. The molecule has 0 radical (unpaired) electrons. The van der Waals surface area contributed by atoms with E-state index in [2.05, 4.69) is 4.90 Å². The molecule has 0 amide bonds. The van der Waals surface area contributed by atoms with Crippen LogP contribution in [0.3, 0.4) is 0 Å². The van der Waals surface area contributed by atoms with Crippen LogP contribution in [-0.4, -0.2) is 44.0 Å². The quantitative estimate of drug-likeness (QED) is 0.656. The Kier molecular flexibility index (Phi) is 4.23. The molecule has 6 heteroatoms. The van der Waals surface area contributed by atoms with Gasteiger partial charge in [-0.2, -0.15) is 0 Å². The summed E-state index contributed by atoms with van der Waals surface area (Å²) in [4.78, 5) is 3.87. The lowest BCUT2D eigenvalue weighted by atomic mass is 10.0. The number of hydrogen-bond donors (Lipinski definition) is 2. The van der Waals surface area contributed by atoms with Crippen molar-refractivity contribution in [2.45, 2.75) is 18.9 Å². The van der Waals surface area contributed by atoms with Gasteiger partial charge >= 0.3 is 0 Å². The van der Waals surface area contributed by atoms with Crippen LogP contribution in [0.15, 0.2) is 12.1 Å². The largest absolute Gasteiger partial charge is 0.384 e. The number of nitrogens with zero attached hydrogens (tertiary/aromatic N) is 2. The minimum atomic E-state index is -0.654. The Morgan fingerprint density at radius 1 is 1.25 bits per heavy atom. The van der Waals surface area contributed by atoms with Crippen LogP contribution in [0.25, 0.3) is 0 Å². The highest BCUT2D eigenvalue weighted by Crippen LogP contribution is 2.28. The summed E-state index contributed by atoms with van der Waals surface area (Å²) in [7, 11) is 4.03. The van der Waals surface area contributed by atoms with E-state index in [9.17, 15) is 8.78 Å². The number of halogens is 2. The van der Waals surface area contributed by atoms with Crippen molar-refractivity contribution in [3.63, 3.8) is 0 Å². The molecule has 1 saturated heterocycles. The van der Waals surface area contributed by atoms with Crippen molar-refractivity contribution in [3.05, 3.63) is 29.3 Å². The second-order valence-corrected chi connectivity index (χ2v) is 5.38. The lowest BCUT2D eigenvalue weighted by molar-refractivity contribution is 0.249. The number of hydrogen-bond acceptors (Lipinski definition) is 3. The summed E-state index contributed by atoms with van der Waals surface area (Å²) in [6.45, 7) is 1.24. The summed E-state index contributed by atoms with van der Waals surface area (Å²) in [5.74, 6) is -1.64. The lowest BCUT2D eigenvalue weighted by Gasteiger charge is -2.36. The van der Waals surface area contributed by atoms with Crippen molar-refractivity contribution >= 4 is 11.5 Å². The minimum absolute atomic E-state index is 0.00722. The van der Waals surface area contributed by atoms with Gasteiger partial charge in [0.25, 0.3) is 0 Å². The first-order valence-corrected chi connectivity index (χ1v) is 6.65. The van der Waals surface area contributed by atoms with Gasteiger partial charge in [0.2, 0.25) is 0 Å². The molecule has 1 aromatic carbocycles. The molecule has 1 fully saturated rings. The number of nitrogen functional groups attached to an aromatic ring is 1. The van der Waals surface area contributed by atoms with Crippen LogP contribution in [0.4, 0.5) is 14.5 Å². The molecule has 0 aliphatic carbocycles. The van der Waals surface area contributed by atoms with Crippen LogP contribution in [0.5, 0.6) is 0 Å². The number of rotatable bonds is 3. The van der Waals surface area contributed by atoms with Crippen molar-refractivity contribution in [1.29, 1.82) is 5.41 Å². The first kappa shape index (κ1) is 14.7. The number of amidine groups is 1. The molecule has 110 valence electrons. The SMILES string of the molecule is CN(C)C1CCN(c2c(F)cc(C(=N)N)cc2F)CC1. The van der Waals surface area contributed by atoms with E-state index in [1.165, 1.54) is 0 Å². The first-order valence-electron chi connectivity index (χ1n) is 6.65. The predicted molar refractivity (Wildman–Crippen MR) is 76.3 cm³/mol. The van der Waals surface area contributed by atoms with Gasteiger partial charge in [-0.1, -0.05) is 0 Å². The molecule has 0 aromatic heterocycles. The fourth-order valence-corrected chi connectivity index (χ4v) is 2.63. The Balaban J connectivity index is 2.20. The molecule has 4 nitrogen and oxygen atoms in total. The Morgan fingerprint density at radius 3 is 2.15 bits per heavy atom. The van der Waals surface area contributed by atoms with Gasteiger partial charge in [0.15, 0.2) is 0 Å². The normalized spacial score (nSPS) is 16.8. The third kappa shape index (κ3) is 2.90. The van der Waals surface area contributed by atoms with Gasteiger partial charge in [0, 0.05) is 24.7 Å². The standard InChI is InChI=1S/C14H20F2N4/c1-19(2)10-3-5-20(6-4-10)13-11(15)7-9(14(17)18)8-12(13)16/h7-8,10H,3-6H2,1-2H3,(H3,17,18). The average Bonchev–Trinajstić information content (AvgIpc) is 2.38. The average molecular weight is 282 g/mol. The van der Waals surface area contributed by atoms with Crippen LogP contribution in [0.2, 0.25) is 0 Å². The maximum Gasteiger partial charge on any atom is 0.150 e. The zero-order valence-electron chi connectivity index (χ0n) is 11.8. The van der Waals surface area contributed by atoms with Crippen molar-refractivity contribution < 1.29 is 8.78 Å². The minimum Gasteiger partial charge on any atom is -0.384 e. The molecular weight excluding hydrogens is 262 g/mol. The maximum atomic E-state index is 14.1. The van der Waals surface area contributed by atoms with E-state index in [0.29, 0.717) is 19.1 Å². The van der Waals surface area contributed by atoms with Crippen LogP contribution in [-0.2, 0) is 0 Å². The van der Waals surface area contributed by atoms with Crippen molar-refractivity contribution in [2.24, 2.45) is 5.73 Å². The van der Waals surface area contributed by atoms with Gasteiger partial charge in [0.05, 0.1) is 0 Å². The second kappa shape index (κ2) is 5.75.